The zero-order valence-corrected chi connectivity index (χ0v) is 16.6. The van der Waals surface area contributed by atoms with Crippen molar-refractivity contribution in [1.82, 2.24) is 10.3 Å². The summed E-state index contributed by atoms with van der Waals surface area (Å²) in [6.07, 6.45) is -3.38. The second kappa shape index (κ2) is 8.14. The van der Waals surface area contributed by atoms with Crippen LogP contribution in [-0.2, 0) is 4.79 Å². The molecule has 1 heterocycles. The summed E-state index contributed by atoms with van der Waals surface area (Å²) in [5, 5.41) is 7.56. The van der Waals surface area contributed by atoms with Crippen LogP contribution >= 0.6 is 11.3 Å². The summed E-state index contributed by atoms with van der Waals surface area (Å²) in [4.78, 5) is 28.5. The number of nitrogens with zero attached hydrogens (tertiary/aromatic N) is 1. The minimum atomic E-state index is -4.74. The number of rotatable bonds is 5. The van der Waals surface area contributed by atoms with Crippen LogP contribution in [0.2, 0.25) is 0 Å². The first-order valence-electron chi connectivity index (χ1n) is 9.30. The van der Waals surface area contributed by atoms with Crippen LogP contribution in [0.4, 0.5) is 33.2 Å². The molecule has 3 amide bonds. The molecule has 0 spiro atoms. The van der Waals surface area contributed by atoms with E-state index in [2.05, 4.69) is 20.9 Å². The summed E-state index contributed by atoms with van der Waals surface area (Å²) < 4.78 is 54.1. The Morgan fingerprint density at radius 2 is 1.77 bits per heavy atom. The maximum Gasteiger partial charge on any atom is 0.404 e. The third-order valence-electron chi connectivity index (χ3n) is 4.58. The zero-order chi connectivity index (χ0) is 22.2. The molecule has 3 aromatic rings. The molecule has 31 heavy (non-hydrogen) atoms. The van der Waals surface area contributed by atoms with E-state index in [0.717, 1.165) is 11.3 Å². The molecule has 1 fully saturated rings. The number of carbonyl (C=O) groups excluding carboxylic acids is 2. The van der Waals surface area contributed by atoms with Gasteiger partial charge in [0.05, 0.1) is 10.2 Å². The number of hydrogen-bond donors (Lipinski definition) is 3. The number of alkyl halides is 3. The number of benzene rings is 2. The van der Waals surface area contributed by atoms with Gasteiger partial charge < -0.3 is 10.6 Å². The van der Waals surface area contributed by atoms with Crippen LogP contribution in [0.25, 0.3) is 10.2 Å². The molecule has 0 radical (unpaired) electrons. The molecule has 162 valence electrons. The summed E-state index contributed by atoms with van der Waals surface area (Å²) in [7, 11) is 0. The van der Waals surface area contributed by atoms with Crippen LogP contribution in [0.1, 0.15) is 24.3 Å². The van der Waals surface area contributed by atoms with E-state index in [0.29, 0.717) is 28.7 Å². The van der Waals surface area contributed by atoms with Gasteiger partial charge in [-0.15, -0.1) is 0 Å². The predicted molar refractivity (Wildman–Crippen MR) is 109 cm³/mol. The number of hydrogen-bond acceptors (Lipinski definition) is 4. The van der Waals surface area contributed by atoms with Gasteiger partial charge in [0.1, 0.15) is 5.82 Å². The number of halogens is 4. The van der Waals surface area contributed by atoms with E-state index in [4.69, 9.17) is 0 Å². The van der Waals surface area contributed by atoms with Gasteiger partial charge in [0.25, 0.3) is 0 Å². The molecular formula is C20H16F4N4O2S. The van der Waals surface area contributed by atoms with Crippen LogP contribution in [-0.4, -0.2) is 29.1 Å². The van der Waals surface area contributed by atoms with Crippen molar-refractivity contribution in [3.8, 4) is 0 Å². The predicted octanol–water partition coefficient (Wildman–Crippen LogP) is 5.00. The minimum absolute atomic E-state index is 0.165. The van der Waals surface area contributed by atoms with E-state index in [9.17, 15) is 27.2 Å². The molecule has 1 atom stereocenters. The normalized spacial score (nSPS) is 14.8. The highest BCUT2D eigenvalue weighted by atomic mass is 32.1. The number of carbonyl (C=O) groups is 2. The van der Waals surface area contributed by atoms with Crippen LogP contribution in [0.3, 0.4) is 0 Å². The van der Waals surface area contributed by atoms with Crippen molar-refractivity contribution in [3.05, 3.63) is 53.8 Å². The Bertz CT molecular complexity index is 1130. The number of urea groups is 1. The molecule has 0 bridgehead atoms. The Kier molecular flexibility index (Phi) is 5.52. The van der Waals surface area contributed by atoms with Gasteiger partial charge in [-0.25, -0.2) is 14.2 Å². The third kappa shape index (κ3) is 5.10. The average molecular weight is 452 g/mol. The summed E-state index contributed by atoms with van der Waals surface area (Å²) in [6.45, 7) is 0. The summed E-state index contributed by atoms with van der Waals surface area (Å²) in [6, 6.07) is 8.16. The molecule has 6 nitrogen and oxygen atoms in total. The van der Waals surface area contributed by atoms with Crippen molar-refractivity contribution < 1.29 is 27.2 Å². The van der Waals surface area contributed by atoms with Crippen LogP contribution in [0.5, 0.6) is 0 Å². The molecule has 1 aliphatic carbocycles. The Labute approximate surface area is 177 Å². The lowest BCUT2D eigenvalue weighted by molar-refractivity contribution is -0.165. The number of thiazole rings is 1. The second-order valence-electron chi connectivity index (χ2n) is 7.09. The van der Waals surface area contributed by atoms with Gasteiger partial charge in [-0.2, -0.15) is 13.2 Å². The first-order valence-corrected chi connectivity index (χ1v) is 10.1. The number of anilines is 2. The Hall–Kier alpha value is -3.21. The quantitative estimate of drug-likeness (QED) is 0.476. The second-order valence-corrected chi connectivity index (χ2v) is 8.12. The number of aromatic nitrogens is 1. The number of nitrogens with one attached hydrogen (secondary N) is 3. The molecule has 2 aromatic carbocycles. The Morgan fingerprint density at radius 1 is 1.06 bits per heavy atom. The average Bonchev–Trinajstić information content (AvgIpc) is 3.39. The van der Waals surface area contributed by atoms with Gasteiger partial charge in [-0.3, -0.25) is 10.1 Å². The van der Waals surface area contributed by atoms with E-state index >= 15 is 0 Å². The largest absolute Gasteiger partial charge is 0.404 e. The van der Waals surface area contributed by atoms with Crippen molar-refractivity contribution in [2.45, 2.75) is 31.0 Å². The standard InChI is InChI=1S/C20H16F4N4O2S/c21-11-2-4-13(5-3-11)26-18(30)28-19-27-14-8-1-10(9-15(14)31-19)16(20(22,23)24)17(29)25-12-6-7-12/h1-5,8-9,12,16H,6-7H2,(H,25,29)(H2,26,27,28,30). The molecule has 1 aliphatic rings. The third-order valence-corrected chi connectivity index (χ3v) is 5.52. The van der Waals surface area contributed by atoms with Crippen molar-refractivity contribution in [2.24, 2.45) is 0 Å². The maximum absolute atomic E-state index is 13.6. The van der Waals surface area contributed by atoms with Crippen molar-refractivity contribution in [2.75, 3.05) is 10.6 Å². The molecule has 3 N–H and O–H groups in total. The van der Waals surface area contributed by atoms with Gasteiger partial charge in [0, 0.05) is 11.7 Å². The lowest BCUT2D eigenvalue weighted by Gasteiger charge is -2.20. The highest BCUT2D eigenvalue weighted by Crippen LogP contribution is 2.38. The molecule has 11 heteroatoms. The van der Waals surface area contributed by atoms with Gasteiger partial charge in [-0.05, 0) is 54.8 Å². The molecule has 0 saturated heterocycles. The van der Waals surface area contributed by atoms with Gasteiger partial charge in [0.2, 0.25) is 5.91 Å². The lowest BCUT2D eigenvalue weighted by atomic mass is 9.97. The highest BCUT2D eigenvalue weighted by Gasteiger charge is 2.47. The fourth-order valence-electron chi connectivity index (χ4n) is 2.97. The monoisotopic (exact) mass is 452 g/mol. The van der Waals surface area contributed by atoms with Crippen molar-refractivity contribution >= 4 is 44.3 Å². The van der Waals surface area contributed by atoms with E-state index in [1.165, 1.54) is 42.5 Å². The number of fused-ring (bicyclic) bond motifs is 1. The Morgan fingerprint density at radius 3 is 2.42 bits per heavy atom. The van der Waals surface area contributed by atoms with Crippen LogP contribution in [0, 0.1) is 5.82 Å². The molecular weight excluding hydrogens is 436 g/mol. The SMILES string of the molecule is O=C(Nc1ccc(F)cc1)Nc1nc2ccc(C(C(=O)NC3CC3)C(F)(F)F)cc2s1. The van der Waals surface area contributed by atoms with Crippen molar-refractivity contribution in [3.63, 3.8) is 0 Å². The van der Waals surface area contributed by atoms with E-state index in [-0.39, 0.29) is 16.7 Å². The maximum atomic E-state index is 13.6. The van der Waals surface area contributed by atoms with Crippen LogP contribution < -0.4 is 16.0 Å². The van der Waals surface area contributed by atoms with Gasteiger partial charge in [-0.1, -0.05) is 17.4 Å². The fourth-order valence-corrected chi connectivity index (χ4v) is 3.88. The summed E-state index contributed by atoms with van der Waals surface area (Å²) >= 11 is 0.977. The number of amides is 3. The highest BCUT2D eigenvalue weighted by molar-refractivity contribution is 7.22. The van der Waals surface area contributed by atoms with Gasteiger partial charge >= 0.3 is 12.2 Å². The fraction of sp³-hybridized carbons (Fsp3) is 0.250. The topological polar surface area (TPSA) is 83.1 Å². The molecule has 4 rings (SSSR count). The zero-order valence-electron chi connectivity index (χ0n) is 15.8. The lowest BCUT2D eigenvalue weighted by Crippen LogP contribution is -2.38. The van der Waals surface area contributed by atoms with Gasteiger partial charge in [0.15, 0.2) is 11.0 Å². The van der Waals surface area contributed by atoms with Crippen LogP contribution in [0.15, 0.2) is 42.5 Å². The first-order chi connectivity index (χ1) is 14.7. The summed E-state index contributed by atoms with van der Waals surface area (Å²) in [5.41, 5.74) is 0.551. The van der Waals surface area contributed by atoms with E-state index in [1.54, 1.807) is 0 Å². The van der Waals surface area contributed by atoms with E-state index in [1.807, 2.05) is 0 Å². The molecule has 0 aliphatic heterocycles. The first kappa shape index (κ1) is 21.0. The molecule has 1 saturated carbocycles. The van der Waals surface area contributed by atoms with E-state index < -0.39 is 29.8 Å². The Balaban J connectivity index is 1.52. The smallest absolute Gasteiger partial charge is 0.353 e. The molecule has 1 aromatic heterocycles. The minimum Gasteiger partial charge on any atom is -0.353 e. The molecule has 1 unspecified atom stereocenters. The van der Waals surface area contributed by atoms with Crippen molar-refractivity contribution in [1.29, 1.82) is 0 Å². The summed E-state index contributed by atoms with van der Waals surface area (Å²) in [5.74, 6) is -3.80.